The van der Waals surface area contributed by atoms with Gasteiger partial charge in [0, 0.05) is 11.8 Å². The summed E-state index contributed by atoms with van der Waals surface area (Å²) in [5, 5.41) is 8.45. The Balaban J connectivity index is 2.09. The van der Waals surface area contributed by atoms with Gasteiger partial charge in [0.15, 0.2) is 0 Å². The lowest BCUT2D eigenvalue weighted by atomic mass is 9.78. The van der Waals surface area contributed by atoms with Gasteiger partial charge in [0.1, 0.15) is 0 Å². The van der Waals surface area contributed by atoms with Crippen LogP contribution in [0.5, 0.6) is 0 Å². The van der Waals surface area contributed by atoms with Gasteiger partial charge in [0.05, 0.1) is 6.61 Å². The van der Waals surface area contributed by atoms with E-state index in [9.17, 15) is 4.79 Å². The van der Waals surface area contributed by atoms with Gasteiger partial charge < -0.3 is 9.84 Å². The van der Waals surface area contributed by atoms with Crippen molar-refractivity contribution in [3.05, 3.63) is 71.3 Å². The highest BCUT2D eigenvalue weighted by Gasteiger charge is 2.22. The molecule has 0 heterocycles. The van der Waals surface area contributed by atoms with E-state index in [4.69, 9.17) is 5.11 Å². The van der Waals surface area contributed by atoms with Crippen molar-refractivity contribution >= 4 is 6.16 Å². The Morgan fingerprint density at radius 1 is 1.00 bits per heavy atom. The van der Waals surface area contributed by atoms with Crippen LogP contribution in [0.4, 0.5) is 4.79 Å². The van der Waals surface area contributed by atoms with Crippen LogP contribution < -0.4 is 0 Å². The molecule has 3 nitrogen and oxygen atoms in total. The molecule has 0 fully saturated rings. The van der Waals surface area contributed by atoms with Crippen molar-refractivity contribution in [3.63, 3.8) is 0 Å². The molecule has 0 spiro atoms. The van der Waals surface area contributed by atoms with Gasteiger partial charge in [-0.05, 0) is 16.7 Å². The molecule has 1 N–H and O–H groups in total. The first-order chi connectivity index (χ1) is 10.00. The molecule has 0 bridgehead atoms. The lowest BCUT2D eigenvalue weighted by molar-refractivity contribution is 0.0927. The van der Waals surface area contributed by atoms with Gasteiger partial charge in [-0.2, -0.15) is 0 Å². The fourth-order valence-corrected chi connectivity index (χ4v) is 2.37. The Morgan fingerprint density at radius 3 is 2.14 bits per heavy atom. The number of carbonyl (C=O) groups is 1. The van der Waals surface area contributed by atoms with E-state index in [0.717, 1.165) is 5.56 Å². The van der Waals surface area contributed by atoms with Crippen molar-refractivity contribution in [2.45, 2.75) is 25.7 Å². The van der Waals surface area contributed by atoms with Crippen LogP contribution in [0.1, 0.15) is 30.5 Å². The van der Waals surface area contributed by atoms with Crippen molar-refractivity contribution < 1.29 is 14.6 Å². The maximum Gasteiger partial charge on any atom is 0.505 e. The number of ether oxygens (including phenoxy) is 1. The average Bonchev–Trinajstić information content (AvgIpc) is 2.48. The molecule has 0 aliphatic carbocycles. The van der Waals surface area contributed by atoms with Gasteiger partial charge >= 0.3 is 6.16 Å². The van der Waals surface area contributed by atoms with Gasteiger partial charge in [-0.1, -0.05) is 68.4 Å². The van der Waals surface area contributed by atoms with Crippen LogP contribution in [0.25, 0.3) is 0 Å². The summed E-state index contributed by atoms with van der Waals surface area (Å²) in [7, 11) is 0. The van der Waals surface area contributed by atoms with Crippen molar-refractivity contribution in [2.75, 3.05) is 6.61 Å². The zero-order valence-electron chi connectivity index (χ0n) is 12.4. The summed E-state index contributed by atoms with van der Waals surface area (Å²) < 4.78 is 4.53. The van der Waals surface area contributed by atoms with Crippen molar-refractivity contribution in [2.24, 2.45) is 0 Å². The van der Waals surface area contributed by atoms with Gasteiger partial charge in [0.25, 0.3) is 0 Å². The van der Waals surface area contributed by atoms with E-state index >= 15 is 0 Å². The molecule has 0 atom stereocenters. The summed E-state index contributed by atoms with van der Waals surface area (Å²) in [5.41, 5.74) is 3.52. The topological polar surface area (TPSA) is 46.5 Å². The third-order valence-electron chi connectivity index (χ3n) is 3.79. The van der Waals surface area contributed by atoms with Gasteiger partial charge in [-0.25, -0.2) is 4.79 Å². The molecular weight excluding hydrogens is 264 g/mol. The van der Waals surface area contributed by atoms with E-state index < -0.39 is 6.16 Å². The molecule has 2 aromatic carbocycles. The van der Waals surface area contributed by atoms with Crippen molar-refractivity contribution in [1.82, 2.24) is 0 Å². The molecule has 0 unspecified atom stereocenters. The molecule has 0 saturated carbocycles. The first-order valence-electron chi connectivity index (χ1n) is 7.01. The van der Waals surface area contributed by atoms with E-state index in [1.807, 2.05) is 18.2 Å². The number of carboxylic acid groups (broad SMARTS) is 1. The van der Waals surface area contributed by atoms with Gasteiger partial charge in [0.2, 0.25) is 0 Å². The minimum absolute atomic E-state index is 0.0582. The Hall–Kier alpha value is -2.29. The van der Waals surface area contributed by atoms with E-state index in [1.54, 1.807) is 0 Å². The second kappa shape index (κ2) is 6.44. The smallest absolute Gasteiger partial charge is 0.450 e. The summed E-state index contributed by atoms with van der Waals surface area (Å²) in [6, 6.07) is 18.7. The van der Waals surface area contributed by atoms with E-state index in [1.165, 1.54) is 11.1 Å². The highest BCUT2D eigenvalue weighted by atomic mass is 16.7. The number of hydrogen-bond acceptors (Lipinski definition) is 2. The third-order valence-corrected chi connectivity index (χ3v) is 3.79. The van der Waals surface area contributed by atoms with Crippen LogP contribution in [0, 0.1) is 0 Å². The largest absolute Gasteiger partial charge is 0.505 e. The molecule has 2 rings (SSSR count). The zero-order valence-corrected chi connectivity index (χ0v) is 12.4. The minimum atomic E-state index is -1.23. The van der Waals surface area contributed by atoms with Crippen LogP contribution in [0.3, 0.4) is 0 Å². The predicted octanol–water partition coefficient (Wildman–Crippen LogP) is 4.25. The monoisotopic (exact) mass is 284 g/mol. The molecule has 21 heavy (non-hydrogen) atoms. The molecule has 2 aromatic rings. The average molecular weight is 284 g/mol. The molecule has 0 saturated heterocycles. The zero-order chi connectivity index (χ0) is 15.3. The highest BCUT2D eigenvalue weighted by Crippen LogP contribution is 2.31. The summed E-state index contributed by atoms with van der Waals surface area (Å²) >= 11 is 0. The molecule has 0 aliphatic rings. The lowest BCUT2D eigenvalue weighted by Gasteiger charge is -2.26. The van der Waals surface area contributed by atoms with Crippen LogP contribution in [-0.2, 0) is 16.6 Å². The van der Waals surface area contributed by atoms with Gasteiger partial charge in [-0.15, -0.1) is 0 Å². The summed E-state index contributed by atoms with van der Waals surface area (Å²) in [4.78, 5) is 10.3. The quantitative estimate of drug-likeness (QED) is 0.835. The van der Waals surface area contributed by atoms with Crippen LogP contribution >= 0.6 is 0 Å². The highest BCUT2D eigenvalue weighted by molar-refractivity contribution is 5.56. The van der Waals surface area contributed by atoms with E-state index in [0.29, 0.717) is 6.42 Å². The van der Waals surface area contributed by atoms with Gasteiger partial charge in [-0.3, -0.25) is 0 Å². The second-order valence-corrected chi connectivity index (χ2v) is 5.55. The van der Waals surface area contributed by atoms with Crippen molar-refractivity contribution in [3.8, 4) is 0 Å². The molecule has 0 amide bonds. The fraction of sp³-hybridized carbons (Fsp3) is 0.278. The normalized spacial score (nSPS) is 11.1. The second-order valence-electron chi connectivity index (χ2n) is 5.55. The summed E-state index contributed by atoms with van der Waals surface area (Å²) in [5.74, 6) is 0. The van der Waals surface area contributed by atoms with Crippen LogP contribution in [0.2, 0.25) is 0 Å². The number of hydrogen-bond donors (Lipinski definition) is 1. The first-order valence-corrected chi connectivity index (χ1v) is 7.01. The maximum absolute atomic E-state index is 10.3. The van der Waals surface area contributed by atoms with E-state index in [-0.39, 0.29) is 12.0 Å². The predicted molar refractivity (Wildman–Crippen MR) is 82.7 cm³/mol. The van der Waals surface area contributed by atoms with Crippen LogP contribution in [0.15, 0.2) is 54.6 Å². The molecule has 0 aliphatic heterocycles. The SMILES string of the molecule is CC(C)(c1ccccc1)c1ccc(CCOC(=O)O)cc1. The molecule has 0 aromatic heterocycles. The molecule has 110 valence electrons. The Kier molecular flexibility index (Phi) is 4.63. The number of benzene rings is 2. The van der Waals surface area contributed by atoms with Crippen LogP contribution in [-0.4, -0.2) is 17.9 Å². The van der Waals surface area contributed by atoms with E-state index in [2.05, 4.69) is 55.0 Å². The first kappa shape index (κ1) is 15.1. The maximum atomic E-state index is 10.3. The Bertz CT molecular complexity index is 586. The van der Waals surface area contributed by atoms with Crippen molar-refractivity contribution in [1.29, 1.82) is 0 Å². The fourth-order valence-electron chi connectivity index (χ4n) is 2.37. The molecule has 3 heteroatoms. The Labute approximate surface area is 125 Å². The molecular formula is C18H20O3. The number of rotatable bonds is 5. The Morgan fingerprint density at radius 2 is 1.57 bits per heavy atom. The minimum Gasteiger partial charge on any atom is -0.450 e. The summed E-state index contributed by atoms with van der Waals surface area (Å²) in [6.07, 6.45) is -0.630. The third kappa shape index (κ3) is 3.85. The lowest BCUT2D eigenvalue weighted by Crippen LogP contribution is -2.18. The molecule has 0 radical (unpaired) electrons. The summed E-state index contributed by atoms with van der Waals surface area (Å²) in [6.45, 7) is 4.59. The standard InChI is InChI=1S/C18H20O3/c1-18(2,15-6-4-3-5-7-15)16-10-8-14(9-11-16)12-13-21-17(19)20/h3-11H,12-13H2,1-2H3,(H,19,20).